The molecule has 1 aromatic carbocycles. The van der Waals surface area contributed by atoms with Gasteiger partial charge in [-0.2, -0.15) is 18.4 Å². The molecule has 1 heterocycles. The number of ether oxygens (including phenoxy) is 1. The van der Waals surface area contributed by atoms with Crippen LogP contribution in [0.15, 0.2) is 24.3 Å². The van der Waals surface area contributed by atoms with Crippen molar-refractivity contribution >= 4 is 5.97 Å². The van der Waals surface area contributed by atoms with E-state index in [0.29, 0.717) is 5.56 Å². The van der Waals surface area contributed by atoms with Gasteiger partial charge in [0.25, 0.3) is 5.88 Å². The second kappa shape index (κ2) is 5.92. The van der Waals surface area contributed by atoms with Gasteiger partial charge < -0.3 is 9.84 Å². The Hall–Kier alpha value is -3.15. The van der Waals surface area contributed by atoms with Crippen LogP contribution in [0.4, 0.5) is 13.2 Å². The molecule has 1 N–H and O–H groups in total. The molecule has 0 aliphatic carbocycles. The Kier molecular flexibility index (Phi) is 4.18. The minimum absolute atomic E-state index is 0.111. The van der Waals surface area contributed by atoms with Gasteiger partial charge in [-0.05, 0) is 31.2 Å². The Bertz CT molecular complexity index is 796. The number of aromatic nitrogens is 2. The SMILES string of the molecule is Cc1c(C(F)(F)F)nnc(Oc2ccc(C#N)cc2)c1C(=O)O. The quantitative estimate of drug-likeness (QED) is 0.932. The van der Waals surface area contributed by atoms with Gasteiger partial charge in [-0.25, -0.2) is 4.79 Å². The van der Waals surface area contributed by atoms with E-state index in [1.165, 1.54) is 24.3 Å². The molecule has 0 aliphatic heterocycles. The molecule has 118 valence electrons. The zero-order valence-electron chi connectivity index (χ0n) is 11.5. The van der Waals surface area contributed by atoms with Gasteiger partial charge >= 0.3 is 12.1 Å². The topological polar surface area (TPSA) is 96.1 Å². The summed E-state index contributed by atoms with van der Waals surface area (Å²) in [7, 11) is 0. The molecular weight excluding hydrogens is 315 g/mol. The highest BCUT2D eigenvalue weighted by Gasteiger charge is 2.38. The Morgan fingerprint density at radius 2 is 1.87 bits per heavy atom. The van der Waals surface area contributed by atoms with Crippen LogP contribution in [0.2, 0.25) is 0 Å². The van der Waals surface area contributed by atoms with Gasteiger partial charge in [0.1, 0.15) is 11.3 Å². The average Bonchev–Trinajstić information content (AvgIpc) is 2.46. The van der Waals surface area contributed by atoms with Crippen molar-refractivity contribution in [3.8, 4) is 17.7 Å². The second-order valence-corrected chi connectivity index (χ2v) is 4.39. The van der Waals surface area contributed by atoms with E-state index in [4.69, 9.17) is 15.1 Å². The van der Waals surface area contributed by atoms with Crippen LogP contribution in [-0.2, 0) is 6.18 Å². The summed E-state index contributed by atoms with van der Waals surface area (Å²) in [5, 5.41) is 24.1. The van der Waals surface area contributed by atoms with E-state index >= 15 is 0 Å². The molecule has 0 saturated heterocycles. The summed E-state index contributed by atoms with van der Waals surface area (Å²) < 4.78 is 43.5. The summed E-state index contributed by atoms with van der Waals surface area (Å²) in [5.41, 5.74) is -2.37. The fraction of sp³-hybridized carbons (Fsp3) is 0.143. The predicted molar refractivity (Wildman–Crippen MR) is 70.0 cm³/mol. The largest absolute Gasteiger partial charge is 0.477 e. The molecule has 6 nitrogen and oxygen atoms in total. The van der Waals surface area contributed by atoms with Crippen LogP contribution in [0.25, 0.3) is 0 Å². The minimum Gasteiger partial charge on any atom is -0.477 e. The number of nitriles is 1. The first-order valence-electron chi connectivity index (χ1n) is 6.10. The van der Waals surface area contributed by atoms with Crippen molar-refractivity contribution in [2.45, 2.75) is 13.1 Å². The van der Waals surface area contributed by atoms with E-state index < -0.39 is 34.8 Å². The van der Waals surface area contributed by atoms with Gasteiger partial charge in [0.2, 0.25) is 0 Å². The van der Waals surface area contributed by atoms with E-state index in [1.807, 2.05) is 6.07 Å². The number of hydrogen-bond acceptors (Lipinski definition) is 5. The maximum atomic E-state index is 12.8. The highest BCUT2D eigenvalue weighted by molar-refractivity contribution is 5.92. The maximum absolute atomic E-state index is 12.8. The number of halogens is 3. The zero-order chi connectivity index (χ0) is 17.2. The number of alkyl halides is 3. The first-order chi connectivity index (χ1) is 10.7. The summed E-state index contributed by atoms with van der Waals surface area (Å²) >= 11 is 0. The van der Waals surface area contributed by atoms with E-state index in [2.05, 4.69) is 10.2 Å². The van der Waals surface area contributed by atoms with Crippen LogP contribution in [0, 0.1) is 18.3 Å². The Morgan fingerprint density at radius 3 is 2.35 bits per heavy atom. The third-order valence-electron chi connectivity index (χ3n) is 2.87. The number of rotatable bonds is 3. The van der Waals surface area contributed by atoms with Crippen molar-refractivity contribution in [2.24, 2.45) is 0 Å². The van der Waals surface area contributed by atoms with Crippen LogP contribution < -0.4 is 4.74 Å². The molecular formula is C14H8F3N3O3. The zero-order valence-corrected chi connectivity index (χ0v) is 11.5. The number of hydrogen-bond donors (Lipinski definition) is 1. The van der Waals surface area contributed by atoms with Crippen molar-refractivity contribution in [1.82, 2.24) is 10.2 Å². The van der Waals surface area contributed by atoms with Crippen molar-refractivity contribution in [3.63, 3.8) is 0 Å². The Balaban J connectivity index is 2.48. The lowest BCUT2D eigenvalue weighted by atomic mass is 10.1. The lowest BCUT2D eigenvalue weighted by molar-refractivity contribution is -0.142. The molecule has 0 fully saturated rings. The summed E-state index contributed by atoms with van der Waals surface area (Å²) in [6, 6.07) is 7.40. The van der Waals surface area contributed by atoms with Crippen molar-refractivity contribution in [1.29, 1.82) is 5.26 Å². The molecule has 0 bridgehead atoms. The van der Waals surface area contributed by atoms with Gasteiger partial charge in [0.05, 0.1) is 11.6 Å². The molecule has 0 aliphatic rings. The molecule has 0 amide bonds. The molecule has 23 heavy (non-hydrogen) atoms. The van der Waals surface area contributed by atoms with Gasteiger partial charge in [-0.1, -0.05) is 0 Å². The summed E-state index contributed by atoms with van der Waals surface area (Å²) in [6.45, 7) is 0.979. The van der Waals surface area contributed by atoms with Crippen molar-refractivity contribution in [3.05, 3.63) is 46.6 Å². The Morgan fingerprint density at radius 1 is 1.26 bits per heavy atom. The normalized spacial score (nSPS) is 10.9. The number of aromatic carboxylic acids is 1. The fourth-order valence-corrected chi connectivity index (χ4v) is 1.80. The van der Waals surface area contributed by atoms with E-state index in [9.17, 15) is 18.0 Å². The lowest BCUT2D eigenvalue weighted by Crippen LogP contribution is -2.16. The van der Waals surface area contributed by atoms with Crippen LogP contribution in [-0.4, -0.2) is 21.3 Å². The monoisotopic (exact) mass is 323 g/mol. The first kappa shape index (κ1) is 16.2. The number of benzene rings is 1. The standard InChI is InChI=1S/C14H8F3N3O3/c1-7-10(13(21)22)12(20-19-11(7)14(15,16)17)23-9-4-2-8(6-18)3-5-9/h2-5H,1H3,(H,21,22). The van der Waals surface area contributed by atoms with E-state index in [0.717, 1.165) is 6.92 Å². The number of carboxylic acid groups (broad SMARTS) is 1. The molecule has 0 spiro atoms. The summed E-state index contributed by atoms with van der Waals surface area (Å²) in [4.78, 5) is 11.3. The van der Waals surface area contributed by atoms with Crippen LogP contribution >= 0.6 is 0 Å². The number of carboxylic acids is 1. The van der Waals surface area contributed by atoms with Crippen LogP contribution in [0.5, 0.6) is 11.6 Å². The fourth-order valence-electron chi connectivity index (χ4n) is 1.80. The van der Waals surface area contributed by atoms with Gasteiger partial charge in [0, 0.05) is 5.56 Å². The Labute approximate surface area is 127 Å². The molecule has 0 atom stereocenters. The third-order valence-corrected chi connectivity index (χ3v) is 2.87. The highest BCUT2D eigenvalue weighted by atomic mass is 19.4. The molecule has 2 aromatic rings. The van der Waals surface area contributed by atoms with E-state index in [1.54, 1.807) is 0 Å². The molecule has 1 aromatic heterocycles. The van der Waals surface area contributed by atoms with Gasteiger partial charge in [-0.15, -0.1) is 10.2 Å². The minimum atomic E-state index is -4.83. The van der Waals surface area contributed by atoms with Crippen LogP contribution in [0.3, 0.4) is 0 Å². The molecule has 0 radical (unpaired) electrons. The third kappa shape index (κ3) is 3.37. The molecule has 0 saturated carbocycles. The van der Waals surface area contributed by atoms with E-state index in [-0.39, 0.29) is 5.75 Å². The molecule has 0 unspecified atom stereocenters. The van der Waals surface area contributed by atoms with Crippen LogP contribution in [0.1, 0.15) is 27.2 Å². The van der Waals surface area contributed by atoms with Crippen molar-refractivity contribution < 1.29 is 27.8 Å². The smallest absolute Gasteiger partial charge is 0.435 e. The molecule has 9 heteroatoms. The summed E-state index contributed by atoms with van der Waals surface area (Å²) in [5.74, 6) is -2.07. The molecule has 2 rings (SSSR count). The van der Waals surface area contributed by atoms with Gasteiger partial charge in [0.15, 0.2) is 5.69 Å². The number of nitrogens with zero attached hydrogens (tertiary/aromatic N) is 3. The average molecular weight is 323 g/mol. The predicted octanol–water partition coefficient (Wildman–Crippen LogP) is 3.17. The first-order valence-corrected chi connectivity index (χ1v) is 6.10. The highest BCUT2D eigenvalue weighted by Crippen LogP contribution is 2.34. The lowest BCUT2D eigenvalue weighted by Gasteiger charge is -2.13. The second-order valence-electron chi connectivity index (χ2n) is 4.39. The van der Waals surface area contributed by atoms with Gasteiger partial charge in [-0.3, -0.25) is 0 Å². The maximum Gasteiger partial charge on any atom is 0.435 e. The number of carbonyl (C=O) groups is 1. The van der Waals surface area contributed by atoms with Crippen molar-refractivity contribution in [2.75, 3.05) is 0 Å². The summed E-state index contributed by atoms with van der Waals surface area (Å²) in [6.07, 6.45) is -4.83.